The Labute approximate surface area is 179 Å². The number of hydrogen-bond acceptors (Lipinski definition) is 4. The molecule has 0 bridgehead atoms. The van der Waals surface area contributed by atoms with Crippen LogP contribution in [-0.2, 0) is 0 Å². The number of rotatable bonds is 5. The predicted octanol–water partition coefficient (Wildman–Crippen LogP) is 6.06. The average Bonchev–Trinajstić information content (AvgIpc) is 3.47. The smallest absolute Gasteiger partial charge is 0.265 e. The molecule has 1 aliphatic carbocycles. The minimum Gasteiger partial charge on any atom is -0.497 e. The standard InChI is InChI=1S/C25H18N2O2S/c1-29-21-8-4-7-19(15-21)23-11-12-24(30-23)25(28)27-22-10-9-18(14-20(22)16-26)13-17-5-2-3-6-17/h2-15H,1H3,(H,27,28). The third-order valence-corrected chi connectivity index (χ3v) is 5.75. The number of anilines is 1. The number of hydrogen-bond donors (Lipinski definition) is 1. The molecule has 0 unspecified atom stereocenters. The Morgan fingerprint density at radius 1 is 1.10 bits per heavy atom. The van der Waals surface area contributed by atoms with E-state index in [2.05, 4.69) is 11.4 Å². The zero-order chi connectivity index (χ0) is 20.9. The summed E-state index contributed by atoms with van der Waals surface area (Å²) in [7, 11) is 1.63. The molecule has 1 aliphatic rings. The maximum absolute atomic E-state index is 12.7. The fourth-order valence-electron chi connectivity index (χ4n) is 3.11. The van der Waals surface area contributed by atoms with Crippen LogP contribution in [0.15, 0.2) is 84.5 Å². The number of carbonyl (C=O) groups excluding carboxylic acids is 1. The number of ether oxygens (including phenoxy) is 1. The van der Waals surface area contributed by atoms with Gasteiger partial charge in [0, 0.05) is 4.88 Å². The molecule has 1 amide bonds. The molecule has 5 heteroatoms. The minimum absolute atomic E-state index is 0.238. The van der Waals surface area contributed by atoms with Crippen molar-refractivity contribution in [2.24, 2.45) is 0 Å². The molecular formula is C25H18N2O2S. The highest BCUT2D eigenvalue weighted by molar-refractivity contribution is 7.17. The van der Waals surface area contributed by atoms with Crippen LogP contribution in [0.5, 0.6) is 5.75 Å². The van der Waals surface area contributed by atoms with Gasteiger partial charge >= 0.3 is 0 Å². The van der Waals surface area contributed by atoms with Crippen LogP contribution in [0.2, 0.25) is 0 Å². The van der Waals surface area contributed by atoms with Gasteiger partial charge in [-0.3, -0.25) is 4.79 Å². The molecule has 3 aromatic rings. The molecule has 4 rings (SSSR count). The maximum Gasteiger partial charge on any atom is 0.265 e. The highest BCUT2D eigenvalue weighted by Crippen LogP contribution is 2.31. The summed E-state index contributed by atoms with van der Waals surface area (Å²) in [5.74, 6) is 0.530. The number of nitriles is 1. The monoisotopic (exact) mass is 410 g/mol. The molecule has 2 aromatic carbocycles. The third-order valence-electron chi connectivity index (χ3n) is 4.62. The lowest BCUT2D eigenvalue weighted by atomic mass is 10.1. The van der Waals surface area contributed by atoms with Crippen LogP contribution >= 0.6 is 11.3 Å². The molecule has 1 N–H and O–H groups in total. The molecule has 0 saturated heterocycles. The Balaban J connectivity index is 1.53. The Morgan fingerprint density at radius 2 is 1.93 bits per heavy atom. The van der Waals surface area contributed by atoms with Crippen molar-refractivity contribution in [1.29, 1.82) is 5.26 Å². The molecule has 0 radical (unpaired) electrons. The fourth-order valence-corrected chi connectivity index (χ4v) is 4.00. The zero-order valence-electron chi connectivity index (χ0n) is 16.3. The van der Waals surface area contributed by atoms with Crippen LogP contribution in [0.1, 0.15) is 20.8 Å². The van der Waals surface area contributed by atoms with E-state index >= 15 is 0 Å². The van der Waals surface area contributed by atoms with E-state index in [1.807, 2.05) is 66.8 Å². The first-order chi connectivity index (χ1) is 14.7. The van der Waals surface area contributed by atoms with Gasteiger partial charge in [0.1, 0.15) is 11.8 Å². The lowest BCUT2D eigenvalue weighted by Gasteiger charge is -2.07. The lowest BCUT2D eigenvalue weighted by Crippen LogP contribution is -2.11. The van der Waals surface area contributed by atoms with Gasteiger partial charge in [0.05, 0.1) is 23.2 Å². The molecule has 30 heavy (non-hydrogen) atoms. The van der Waals surface area contributed by atoms with Crippen LogP contribution < -0.4 is 10.1 Å². The van der Waals surface area contributed by atoms with E-state index in [9.17, 15) is 10.1 Å². The van der Waals surface area contributed by atoms with E-state index in [0.29, 0.717) is 16.1 Å². The van der Waals surface area contributed by atoms with Crippen LogP contribution in [-0.4, -0.2) is 13.0 Å². The molecule has 0 fully saturated rings. The van der Waals surface area contributed by atoms with Crippen LogP contribution in [0.3, 0.4) is 0 Å². The second-order valence-corrected chi connectivity index (χ2v) is 7.71. The van der Waals surface area contributed by atoms with Crippen molar-refractivity contribution >= 4 is 29.0 Å². The van der Waals surface area contributed by atoms with Crippen LogP contribution in [0.4, 0.5) is 5.69 Å². The molecule has 1 heterocycles. The van der Waals surface area contributed by atoms with Gasteiger partial charge in [-0.05, 0) is 59.2 Å². The molecule has 1 aromatic heterocycles. The van der Waals surface area contributed by atoms with E-state index < -0.39 is 0 Å². The number of amides is 1. The molecule has 4 nitrogen and oxygen atoms in total. The summed E-state index contributed by atoms with van der Waals surface area (Å²) in [6.45, 7) is 0. The quantitative estimate of drug-likeness (QED) is 0.556. The molecule has 146 valence electrons. The van der Waals surface area contributed by atoms with E-state index in [4.69, 9.17) is 4.74 Å². The molecule has 0 spiro atoms. The Kier molecular flexibility index (Phi) is 5.60. The summed E-state index contributed by atoms with van der Waals surface area (Å²) < 4.78 is 5.27. The van der Waals surface area contributed by atoms with Gasteiger partial charge in [0.2, 0.25) is 0 Å². The zero-order valence-corrected chi connectivity index (χ0v) is 17.1. The van der Waals surface area contributed by atoms with Crippen molar-refractivity contribution in [3.63, 3.8) is 0 Å². The highest BCUT2D eigenvalue weighted by Gasteiger charge is 2.13. The number of allylic oxidation sites excluding steroid dienone is 5. The second-order valence-electron chi connectivity index (χ2n) is 6.63. The molecule has 0 aliphatic heterocycles. The van der Waals surface area contributed by atoms with Gasteiger partial charge in [-0.25, -0.2) is 0 Å². The average molecular weight is 410 g/mol. The highest BCUT2D eigenvalue weighted by atomic mass is 32.1. The summed E-state index contributed by atoms with van der Waals surface area (Å²) in [6, 6.07) is 19.0. The van der Waals surface area contributed by atoms with Gasteiger partial charge in [-0.1, -0.05) is 42.5 Å². The van der Waals surface area contributed by atoms with Gasteiger partial charge in [0.25, 0.3) is 5.91 Å². The van der Waals surface area contributed by atoms with Crippen molar-refractivity contribution in [2.75, 3.05) is 12.4 Å². The Bertz CT molecular complexity index is 1230. The van der Waals surface area contributed by atoms with Gasteiger partial charge < -0.3 is 10.1 Å². The SMILES string of the molecule is COc1cccc(-c2ccc(C(=O)Nc3ccc(C=C4C=CC=C4)cc3C#N)s2)c1. The van der Waals surface area contributed by atoms with E-state index in [1.165, 1.54) is 11.3 Å². The summed E-state index contributed by atoms with van der Waals surface area (Å²) in [5, 5.41) is 12.4. The molecular weight excluding hydrogens is 392 g/mol. The first kappa shape index (κ1) is 19.4. The maximum atomic E-state index is 12.7. The van der Waals surface area contributed by atoms with Gasteiger partial charge in [-0.2, -0.15) is 5.26 Å². The second kappa shape index (κ2) is 8.64. The van der Waals surface area contributed by atoms with E-state index in [-0.39, 0.29) is 5.91 Å². The molecule has 0 atom stereocenters. The lowest BCUT2D eigenvalue weighted by molar-refractivity contribution is 0.103. The first-order valence-electron chi connectivity index (χ1n) is 9.32. The topological polar surface area (TPSA) is 62.1 Å². The summed E-state index contributed by atoms with van der Waals surface area (Å²) in [4.78, 5) is 14.3. The van der Waals surface area contributed by atoms with E-state index in [0.717, 1.165) is 27.3 Å². The Hall–Kier alpha value is -3.88. The van der Waals surface area contributed by atoms with Crippen molar-refractivity contribution in [3.05, 3.63) is 100 Å². The number of benzene rings is 2. The van der Waals surface area contributed by atoms with Crippen molar-refractivity contribution in [2.45, 2.75) is 0 Å². The van der Waals surface area contributed by atoms with Gasteiger partial charge in [0.15, 0.2) is 0 Å². The summed E-state index contributed by atoms with van der Waals surface area (Å²) >= 11 is 1.40. The minimum atomic E-state index is -0.238. The van der Waals surface area contributed by atoms with Crippen LogP contribution in [0.25, 0.3) is 16.5 Å². The number of carbonyl (C=O) groups is 1. The Morgan fingerprint density at radius 3 is 2.70 bits per heavy atom. The molecule has 0 saturated carbocycles. The van der Waals surface area contributed by atoms with Gasteiger partial charge in [-0.15, -0.1) is 11.3 Å². The van der Waals surface area contributed by atoms with Crippen molar-refractivity contribution in [3.8, 4) is 22.3 Å². The fraction of sp³-hybridized carbons (Fsp3) is 0.0400. The van der Waals surface area contributed by atoms with E-state index in [1.54, 1.807) is 25.3 Å². The summed E-state index contributed by atoms with van der Waals surface area (Å²) in [6.07, 6.45) is 9.92. The number of nitrogens with one attached hydrogen (secondary N) is 1. The van der Waals surface area contributed by atoms with Crippen LogP contribution in [0, 0.1) is 11.3 Å². The van der Waals surface area contributed by atoms with Crippen molar-refractivity contribution in [1.82, 2.24) is 0 Å². The predicted molar refractivity (Wildman–Crippen MR) is 122 cm³/mol. The third kappa shape index (κ3) is 4.24. The largest absolute Gasteiger partial charge is 0.497 e. The first-order valence-corrected chi connectivity index (χ1v) is 10.1. The number of methoxy groups -OCH3 is 1. The number of thiophene rings is 1. The van der Waals surface area contributed by atoms with Crippen molar-refractivity contribution < 1.29 is 9.53 Å². The number of nitrogens with zero attached hydrogens (tertiary/aromatic N) is 1. The normalized spacial score (nSPS) is 11.9. The summed E-state index contributed by atoms with van der Waals surface area (Å²) in [5.41, 5.74) is 3.89.